The Balaban J connectivity index is 1.93. The number of ether oxygens (including phenoxy) is 1. The fourth-order valence-corrected chi connectivity index (χ4v) is 2.95. The monoisotopic (exact) mass is 291 g/mol. The summed E-state index contributed by atoms with van der Waals surface area (Å²) >= 11 is 1.79. The minimum Gasteiger partial charge on any atom is -0.504 e. The molecule has 1 aromatic heterocycles. The number of methoxy groups -OCH3 is 1. The standard InChI is InChI=1S/C16H21NO2S/c1-16(2,15-5-4-8-20-15)11-17-10-12-6-7-13(18)14(9-12)19-3/h4-9,17-18H,10-11H2,1-3H3. The second kappa shape index (κ2) is 6.29. The highest BCUT2D eigenvalue weighted by Crippen LogP contribution is 2.28. The molecule has 0 aliphatic heterocycles. The molecule has 20 heavy (non-hydrogen) atoms. The summed E-state index contributed by atoms with van der Waals surface area (Å²) in [6, 6.07) is 9.70. The molecule has 0 saturated carbocycles. The number of aromatic hydroxyl groups is 1. The van der Waals surface area contributed by atoms with Crippen LogP contribution in [0.1, 0.15) is 24.3 Å². The molecular formula is C16H21NO2S. The molecule has 1 heterocycles. The normalized spacial score (nSPS) is 11.6. The molecule has 0 bridgehead atoms. The van der Waals surface area contributed by atoms with Crippen molar-refractivity contribution in [2.75, 3.05) is 13.7 Å². The highest BCUT2D eigenvalue weighted by molar-refractivity contribution is 7.10. The number of hydrogen-bond acceptors (Lipinski definition) is 4. The van der Waals surface area contributed by atoms with Crippen LogP contribution in [-0.2, 0) is 12.0 Å². The van der Waals surface area contributed by atoms with Crippen molar-refractivity contribution >= 4 is 11.3 Å². The third-order valence-corrected chi connectivity index (χ3v) is 4.56. The van der Waals surface area contributed by atoms with E-state index in [-0.39, 0.29) is 11.2 Å². The molecule has 3 nitrogen and oxygen atoms in total. The second-order valence-electron chi connectivity index (χ2n) is 5.47. The summed E-state index contributed by atoms with van der Waals surface area (Å²) in [6.45, 7) is 6.13. The molecular weight excluding hydrogens is 270 g/mol. The van der Waals surface area contributed by atoms with Crippen molar-refractivity contribution in [1.82, 2.24) is 5.32 Å². The average Bonchev–Trinajstić information content (AvgIpc) is 2.95. The fourth-order valence-electron chi connectivity index (χ4n) is 2.10. The lowest BCUT2D eigenvalue weighted by Crippen LogP contribution is -2.31. The highest BCUT2D eigenvalue weighted by Gasteiger charge is 2.20. The molecule has 0 spiro atoms. The molecule has 108 valence electrons. The SMILES string of the molecule is COc1cc(CNCC(C)(C)c2cccs2)ccc1O. The first-order chi connectivity index (χ1) is 9.53. The van der Waals surface area contributed by atoms with Gasteiger partial charge in [0.05, 0.1) is 7.11 Å². The van der Waals surface area contributed by atoms with Crippen LogP contribution < -0.4 is 10.1 Å². The van der Waals surface area contributed by atoms with Crippen molar-refractivity contribution in [1.29, 1.82) is 0 Å². The lowest BCUT2D eigenvalue weighted by atomic mass is 9.91. The van der Waals surface area contributed by atoms with Crippen LogP contribution in [-0.4, -0.2) is 18.8 Å². The van der Waals surface area contributed by atoms with Crippen molar-refractivity contribution in [3.05, 3.63) is 46.2 Å². The predicted molar refractivity (Wildman–Crippen MR) is 83.7 cm³/mol. The first-order valence-corrected chi connectivity index (χ1v) is 7.51. The number of hydrogen-bond donors (Lipinski definition) is 2. The lowest BCUT2D eigenvalue weighted by molar-refractivity contribution is 0.372. The van der Waals surface area contributed by atoms with Crippen LogP contribution in [0.2, 0.25) is 0 Å². The van der Waals surface area contributed by atoms with Crippen LogP contribution in [0.15, 0.2) is 35.7 Å². The minimum absolute atomic E-state index is 0.120. The molecule has 0 aliphatic rings. The molecule has 0 radical (unpaired) electrons. The molecule has 0 unspecified atom stereocenters. The molecule has 0 amide bonds. The van der Waals surface area contributed by atoms with E-state index in [0.717, 1.165) is 18.7 Å². The van der Waals surface area contributed by atoms with Crippen LogP contribution in [0.25, 0.3) is 0 Å². The van der Waals surface area contributed by atoms with Crippen molar-refractivity contribution in [3.63, 3.8) is 0 Å². The van der Waals surface area contributed by atoms with Gasteiger partial charge < -0.3 is 15.2 Å². The van der Waals surface area contributed by atoms with Crippen LogP contribution in [0.5, 0.6) is 11.5 Å². The van der Waals surface area contributed by atoms with Gasteiger partial charge in [0.25, 0.3) is 0 Å². The van der Waals surface area contributed by atoms with Crippen LogP contribution in [0, 0.1) is 0 Å². The van der Waals surface area contributed by atoms with E-state index in [9.17, 15) is 5.11 Å². The fraction of sp³-hybridized carbons (Fsp3) is 0.375. The lowest BCUT2D eigenvalue weighted by Gasteiger charge is -2.23. The second-order valence-corrected chi connectivity index (χ2v) is 6.42. The number of phenolic OH excluding ortho intramolecular Hbond substituents is 1. The maximum atomic E-state index is 9.57. The highest BCUT2D eigenvalue weighted by atomic mass is 32.1. The summed E-state index contributed by atoms with van der Waals surface area (Å²) in [5.74, 6) is 0.692. The van der Waals surface area contributed by atoms with E-state index < -0.39 is 0 Å². The minimum atomic E-state index is 0.120. The van der Waals surface area contributed by atoms with Gasteiger partial charge in [-0.2, -0.15) is 0 Å². The van der Waals surface area contributed by atoms with Crippen molar-refractivity contribution < 1.29 is 9.84 Å². The van der Waals surface area contributed by atoms with Crippen molar-refractivity contribution in [3.8, 4) is 11.5 Å². The van der Waals surface area contributed by atoms with Crippen molar-refractivity contribution in [2.24, 2.45) is 0 Å². The van der Waals surface area contributed by atoms with E-state index in [1.165, 1.54) is 4.88 Å². The van der Waals surface area contributed by atoms with Gasteiger partial charge in [0.15, 0.2) is 11.5 Å². The zero-order valence-corrected chi connectivity index (χ0v) is 13.0. The summed E-state index contributed by atoms with van der Waals surface area (Å²) in [5, 5.41) is 15.2. The third kappa shape index (κ3) is 3.52. The predicted octanol–water partition coefficient (Wildman–Crippen LogP) is 3.53. The number of rotatable bonds is 6. The molecule has 1 aromatic carbocycles. The van der Waals surface area contributed by atoms with Gasteiger partial charge in [-0.3, -0.25) is 0 Å². The van der Waals surface area contributed by atoms with Crippen LogP contribution >= 0.6 is 11.3 Å². The summed E-state index contributed by atoms with van der Waals surface area (Å²) in [4.78, 5) is 1.38. The Labute approximate surface area is 124 Å². The molecule has 0 aliphatic carbocycles. The van der Waals surface area contributed by atoms with E-state index in [4.69, 9.17) is 4.74 Å². The number of phenols is 1. The maximum absolute atomic E-state index is 9.57. The molecule has 4 heteroatoms. The molecule has 2 N–H and O–H groups in total. The summed E-state index contributed by atoms with van der Waals surface area (Å²) in [7, 11) is 1.56. The summed E-state index contributed by atoms with van der Waals surface area (Å²) < 4.78 is 5.12. The summed E-state index contributed by atoms with van der Waals surface area (Å²) in [5.41, 5.74) is 1.22. The van der Waals surface area contributed by atoms with E-state index in [0.29, 0.717) is 5.75 Å². The Hall–Kier alpha value is -1.52. The van der Waals surface area contributed by atoms with E-state index in [2.05, 4.69) is 36.7 Å². The third-order valence-electron chi connectivity index (χ3n) is 3.33. The first-order valence-electron chi connectivity index (χ1n) is 6.63. The Morgan fingerprint density at radius 3 is 2.75 bits per heavy atom. The van der Waals surface area contributed by atoms with Crippen LogP contribution in [0.3, 0.4) is 0 Å². The zero-order chi connectivity index (χ0) is 14.6. The van der Waals surface area contributed by atoms with Gasteiger partial charge in [-0.25, -0.2) is 0 Å². The molecule has 2 aromatic rings. The Morgan fingerprint density at radius 2 is 2.10 bits per heavy atom. The number of thiophene rings is 1. The maximum Gasteiger partial charge on any atom is 0.160 e. The number of benzene rings is 1. The van der Waals surface area contributed by atoms with E-state index in [1.807, 2.05) is 12.1 Å². The summed E-state index contributed by atoms with van der Waals surface area (Å²) in [6.07, 6.45) is 0. The van der Waals surface area contributed by atoms with Gasteiger partial charge in [0, 0.05) is 23.4 Å². The van der Waals surface area contributed by atoms with E-state index in [1.54, 1.807) is 24.5 Å². The Kier molecular flexibility index (Phi) is 4.68. The zero-order valence-electron chi connectivity index (χ0n) is 12.1. The van der Waals surface area contributed by atoms with Gasteiger partial charge in [-0.1, -0.05) is 26.0 Å². The van der Waals surface area contributed by atoms with Crippen LogP contribution in [0.4, 0.5) is 0 Å². The average molecular weight is 291 g/mol. The Bertz CT molecular complexity index is 550. The molecule has 0 fully saturated rings. The molecule has 0 saturated heterocycles. The van der Waals surface area contributed by atoms with Gasteiger partial charge in [-0.15, -0.1) is 11.3 Å². The molecule has 2 rings (SSSR count). The van der Waals surface area contributed by atoms with Gasteiger partial charge in [-0.05, 0) is 29.1 Å². The van der Waals surface area contributed by atoms with E-state index >= 15 is 0 Å². The van der Waals surface area contributed by atoms with Crippen molar-refractivity contribution in [2.45, 2.75) is 25.8 Å². The van der Waals surface area contributed by atoms with Gasteiger partial charge in [0.1, 0.15) is 0 Å². The quantitative estimate of drug-likeness (QED) is 0.855. The molecule has 0 atom stereocenters. The first kappa shape index (κ1) is 14.9. The van der Waals surface area contributed by atoms with Gasteiger partial charge >= 0.3 is 0 Å². The Morgan fingerprint density at radius 1 is 1.30 bits per heavy atom. The topological polar surface area (TPSA) is 41.5 Å². The largest absolute Gasteiger partial charge is 0.504 e. The smallest absolute Gasteiger partial charge is 0.160 e. The number of nitrogens with one attached hydrogen (secondary N) is 1. The van der Waals surface area contributed by atoms with Gasteiger partial charge in [0.2, 0.25) is 0 Å².